The number of hydrogen-bond donors (Lipinski definition) is 1. The minimum atomic E-state index is -0.525. The van der Waals surface area contributed by atoms with E-state index in [1.165, 1.54) is 23.9 Å². The lowest BCUT2D eigenvalue weighted by Gasteiger charge is -2.18. The van der Waals surface area contributed by atoms with E-state index in [-0.39, 0.29) is 5.91 Å². The van der Waals surface area contributed by atoms with Gasteiger partial charge in [0.15, 0.2) is 17.1 Å². The number of nitrogens with zero attached hydrogens (tertiary/aromatic N) is 3. The van der Waals surface area contributed by atoms with Gasteiger partial charge in [-0.25, -0.2) is 4.39 Å². The smallest absolute Gasteiger partial charge is 0.237 e. The molecule has 4 rings (SSSR count). The van der Waals surface area contributed by atoms with E-state index in [1.54, 1.807) is 31.2 Å². The number of carbonyl (C=O) groups excluding carboxylic acids is 1. The van der Waals surface area contributed by atoms with Crippen LogP contribution < -0.4 is 10.1 Å². The van der Waals surface area contributed by atoms with Gasteiger partial charge in [-0.1, -0.05) is 59.8 Å². The summed E-state index contributed by atoms with van der Waals surface area (Å²) in [5, 5.41) is 11.9. The number of para-hydroxylation sites is 2. The van der Waals surface area contributed by atoms with Gasteiger partial charge in [0.25, 0.3) is 0 Å². The number of benzene rings is 3. The van der Waals surface area contributed by atoms with Crippen molar-refractivity contribution in [3.63, 3.8) is 0 Å². The van der Waals surface area contributed by atoms with Crippen LogP contribution in [0.1, 0.15) is 25.8 Å². The summed E-state index contributed by atoms with van der Waals surface area (Å²) in [6, 6.07) is 22.6. The van der Waals surface area contributed by atoms with Gasteiger partial charge in [-0.05, 0) is 56.3 Å². The second kappa shape index (κ2) is 10.7. The molecule has 9 heteroatoms. The predicted octanol–water partition coefficient (Wildman–Crippen LogP) is 6.32. The third-order valence-corrected chi connectivity index (χ3v) is 6.28. The number of amides is 1. The fraction of sp³-hybridized carbons (Fsp3) is 0.160. The van der Waals surface area contributed by atoms with Crippen LogP contribution in [0.3, 0.4) is 0 Å². The van der Waals surface area contributed by atoms with E-state index in [4.69, 9.17) is 16.3 Å². The highest BCUT2D eigenvalue weighted by molar-refractivity contribution is 8.00. The largest absolute Gasteiger partial charge is 0.481 e. The summed E-state index contributed by atoms with van der Waals surface area (Å²) in [5.74, 6) is 0.405. The summed E-state index contributed by atoms with van der Waals surface area (Å²) in [5.41, 5.74) is 1.22. The van der Waals surface area contributed by atoms with Crippen molar-refractivity contribution in [2.75, 3.05) is 5.32 Å². The van der Waals surface area contributed by atoms with E-state index in [1.807, 2.05) is 54.0 Å². The monoisotopic (exact) mass is 496 g/mol. The number of rotatable bonds is 8. The van der Waals surface area contributed by atoms with Crippen LogP contribution in [-0.4, -0.2) is 25.9 Å². The maximum absolute atomic E-state index is 13.5. The van der Waals surface area contributed by atoms with Crippen molar-refractivity contribution < 1.29 is 13.9 Å². The molecular formula is C25H22ClFN4O2S. The Kier molecular flexibility index (Phi) is 7.49. The highest BCUT2D eigenvalue weighted by Crippen LogP contribution is 2.32. The van der Waals surface area contributed by atoms with Crippen molar-refractivity contribution in [2.24, 2.45) is 0 Å². The van der Waals surface area contributed by atoms with Crippen molar-refractivity contribution in [1.29, 1.82) is 0 Å². The van der Waals surface area contributed by atoms with Gasteiger partial charge in [0.1, 0.15) is 11.6 Å². The molecule has 0 aliphatic rings. The van der Waals surface area contributed by atoms with E-state index < -0.39 is 17.2 Å². The van der Waals surface area contributed by atoms with Gasteiger partial charge in [-0.15, -0.1) is 10.2 Å². The van der Waals surface area contributed by atoms with Crippen LogP contribution in [-0.2, 0) is 4.79 Å². The number of aromatic nitrogens is 3. The van der Waals surface area contributed by atoms with Gasteiger partial charge < -0.3 is 10.1 Å². The van der Waals surface area contributed by atoms with Gasteiger partial charge in [0, 0.05) is 11.4 Å². The molecule has 0 spiro atoms. The molecule has 34 heavy (non-hydrogen) atoms. The molecule has 4 aromatic rings. The number of hydrogen-bond acceptors (Lipinski definition) is 5. The van der Waals surface area contributed by atoms with Crippen LogP contribution in [0.15, 0.2) is 84.0 Å². The standard InChI is InChI=1S/C25H22ClFN4O2S/c1-16(33-22-14-7-6-13-21(22)26)23-29-30-25(31(23)20-11-4-3-5-12-20)34-17(2)24(32)28-19-10-8-9-18(27)15-19/h3-17H,1-2H3,(H,28,32). The van der Waals surface area contributed by atoms with Crippen molar-refractivity contribution in [3.05, 3.63) is 95.5 Å². The first-order valence-electron chi connectivity index (χ1n) is 10.6. The SMILES string of the molecule is CC(Sc1nnc(C(C)Oc2ccccc2Cl)n1-c1ccccc1)C(=O)Nc1cccc(F)c1. The number of nitrogens with one attached hydrogen (secondary N) is 1. The molecule has 0 radical (unpaired) electrons. The zero-order chi connectivity index (χ0) is 24.1. The highest BCUT2D eigenvalue weighted by atomic mass is 35.5. The summed E-state index contributed by atoms with van der Waals surface area (Å²) in [4.78, 5) is 12.7. The fourth-order valence-electron chi connectivity index (χ4n) is 3.25. The molecule has 2 unspecified atom stereocenters. The molecule has 0 bridgehead atoms. The second-order valence-electron chi connectivity index (χ2n) is 7.46. The lowest BCUT2D eigenvalue weighted by Crippen LogP contribution is -2.23. The average Bonchev–Trinajstić information content (AvgIpc) is 3.24. The Morgan fingerprint density at radius 1 is 1.03 bits per heavy atom. The van der Waals surface area contributed by atoms with Gasteiger partial charge in [-0.3, -0.25) is 9.36 Å². The minimum absolute atomic E-state index is 0.278. The molecule has 174 valence electrons. The third-order valence-electron chi connectivity index (χ3n) is 4.92. The molecule has 0 fully saturated rings. The van der Waals surface area contributed by atoms with Crippen LogP contribution in [0, 0.1) is 5.82 Å². The molecule has 0 saturated heterocycles. The quantitative estimate of drug-likeness (QED) is 0.289. The maximum atomic E-state index is 13.5. The Bertz CT molecular complexity index is 1280. The Morgan fingerprint density at radius 3 is 2.50 bits per heavy atom. The summed E-state index contributed by atoms with van der Waals surface area (Å²) in [7, 11) is 0. The summed E-state index contributed by atoms with van der Waals surface area (Å²) in [6.07, 6.45) is -0.474. The topological polar surface area (TPSA) is 69.0 Å². The predicted molar refractivity (Wildman–Crippen MR) is 132 cm³/mol. The summed E-state index contributed by atoms with van der Waals surface area (Å²) < 4.78 is 21.4. The van der Waals surface area contributed by atoms with Crippen LogP contribution in [0.4, 0.5) is 10.1 Å². The van der Waals surface area contributed by atoms with Gasteiger partial charge in [-0.2, -0.15) is 0 Å². The normalized spacial score (nSPS) is 12.7. The van der Waals surface area contributed by atoms with E-state index in [0.717, 1.165) is 5.69 Å². The lowest BCUT2D eigenvalue weighted by atomic mass is 10.3. The fourth-order valence-corrected chi connectivity index (χ4v) is 4.30. The van der Waals surface area contributed by atoms with Crippen molar-refractivity contribution in [3.8, 4) is 11.4 Å². The molecule has 0 aliphatic heterocycles. The van der Waals surface area contributed by atoms with Crippen molar-refractivity contribution >= 4 is 35.0 Å². The molecular weight excluding hydrogens is 475 g/mol. The summed E-state index contributed by atoms with van der Waals surface area (Å²) >= 11 is 7.50. The highest BCUT2D eigenvalue weighted by Gasteiger charge is 2.25. The lowest BCUT2D eigenvalue weighted by molar-refractivity contribution is -0.115. The molecule has 1 amide bonds. The molecule has 0 saturated carbocycles. The van der Waals surface area contributed by atoms with Crippen molar-refractivity contribution in [1.82, 2.24) is 14.8 Å². The molecule has 0 aliphatic carbocycles. The van der Waals surface area contributed by atoms with E-state index in [9.17, 15) is 9.18 Å². The number of halogens is 2. The van der Waals surface area contributed by atoms with Crippen LogP contribution >= 0.6 is 23.4 Å². The molecule has 1 aromatic heterocycles. The van der Waals surface area contributed by atoms with Crippen LogP contribution in [0.5, 0.6) is 5.75 Å². The first-order chi connectivity index (χ1) is 16.4. The molecule has 1 heterocycles. The Balaban J connectivity index is 1.59. The Hall–Kier alpha value is -3.36. The Labute approximate surface area is 206 Å². The van der Waals surface area contributed by atoms with Gasteiger partial charge in [0.05, 0.1) is 10.3 Å². The zero-order valence-electron chi connectivity index (χ0n) is 18.5. The van der Waals surface area contributed by atoms with E-state index in [2.05, 4.69) is 15.5 Å². The molecule has 2 atom stereocenters. The third kappa shape index (κ3) is 5.58. The van der Waals surface area contributed by atoms with Gasteiger partial charge >= 0.3 is 0 Å². The number of ether oxygens (including phenoxy) is 1. The first-order valence-corrected chi connectivity index (χ1v) is 11.8. The van der Waals surface area contributed by atoms with Crippen LogP contribution in [0.2, 0.25) is 5.02 Å². The number of anilines is 1. The first kappa shape index (κ1) is 23.8. The molecule has 6 nitrogen and oxygen atoms in total. The number of carbonyl (C=O) groups is 1. The van der Waals surface area contributed by atoms with Gasteiger partial charge in [0.2, 0.25) is 5.91 Å². The van der Waals surface area contributed by atoms with Crippen LogP contribution in [0.25, 0.3) is 5.69 Å². The summed E-state index contributed by atoms with van der Waals surface area (Å²) in [6.45, 7) is 3.62. The number of thioether (sulfide) groups is 1. The maximum Gasteiger partial charge on any atom is 0.237 e. The Morgan fingerprint density at radius 2 is 1.76 bits per heavy atom. The zero-order valence-corrected chi connectivity index (χ0v) is 20.1. The molecule has 1 N–H and O–H groups in total. The average molecular weight is 497 g/mol. The van der Waals surface area contributed by atoms with E-state index >= 15 is 0 Å². The van der Waals surface area contributed by atoms with Crippen molar-refractivity contribution in [2.45, 2.75) is 30.4 Å². The minimum Gasteiger partial charge on any atom is -0.481 e. The van der Waals surface area contributed by atoms with E-state index in [0.29, 0.717) is 27.4 Å². The second-order valence-corrected chi connectivity index (χ2v) is 9.18. The molecule has 3 aromatic carbocycles.